The van der Waals surface area contributed by atoms with Crippen molar-refractivity contribution >= 4 is 46.5 Å². The lowest BCUT2D eigenvalue weighted by Gasteiger charge is -2.10. The van der Waals surface area contributed by atoms with E-state index in [9.17, 15) is 4.79 Å². The van der Waals surface area contributed by atoms with E-state index in [2.05, 4.69) is 18.2 Å². The van der Waals surface area contributed by atoms with Gasteiger partial charge in [0.1, 0.15) is 5.75 Å². The van der Waals surface area contributed by atoms with Crippen molar-refractivity contribution in [2.45, 2.75) is 4.90 Å². The number of thioether (sulfide) groups is 1. The maximum atomic E-state index is 10.6. The molecule has 3 aromatic rings. The number of carbonyl (C=O) groups is 1. The average Bonchev–Trinajstić information content (AvgIpc) is 2.71. The van der Waals surface area contributed by atoms with Crippen LogP contribution in [-0.4, -0.2) is 23.4 Å². The van der Waals surface area contributed by atoms with Crippen LogP contribution in [-0.2, 0) is 4.79 Å². The Hall–Kier alpha value is -2.40. The van der Waals surface area contributed by atoms with Gasteiger partial charge in [-0.25, -0.2) is 4.79 Å². The van der Waals surface area contributed by atoms with Gasteiger partial charge in [0, 0.05) is 15.7 Å². The third-order valence-corrected chi connectivity index (χ3v) is 5.67. The van der Waals surface area contributed by atoms with Gasteiger partial charge in [-0.05, 0) is 47.0 Å². The summed E-state index contributed by atoms with van der Waals surface area (Å²) in [5.41, 5.74) is 3.25. The molecule has 0 aliphatic heterocycles. The number of aliphatic carboxylic acids is 1. The first-order chi connectivity index (χ1) is 14.0. The van der Waals surface area contributed by atoms with Gasteiger partial charge in [-0.1, -0.05) is 71.7 Å². The minimum Gasteiger partial charge on any atom is -0.482 e. The van der Waals surface area contributed by atoms with E-state index in [1.54, 1.807) is 23.9 Å². The number of rotatable bonds is 8. The van der Waals surface area contributed by atoms with Gasteiger partial charge in [-0.2, -0.15) is 0 Å². The van der Waals surface area contributed by atoms with E-state index in [1.165, 1.54) is 0 Å². The first-order valence-electron chi connectivity index (χ1n) is 8.81. The van der Waals surface area contributed by atoms with Crippen molar-refractivity contribution < 1.29 is 14.6 Å². The molecule has 0 aliphatic rings. The van der Waals surface area contributed by atoms with Gasteiger partial charge in [0.15, 0.2) is 6.61 Å². The third-order valence-electron chi connectivity index (χ3n) is 4.01. The zero-order chi connectivity index (χ0) is 20.6. The number of hydrogen-bond donors (Lipinski definition) is 1. The van der Waals surface area contributed by atoms with Gasteiger partial charge in [-0.3, -0.25) is 0 Å². The Morgan fingerprint density at radius 1 is 0.966 bits per heavy atom. The molecule has 0 unspecified atom stereocenters. The Morgan fingerprint density at radius 3 is 2.41 bits per heavy atom. The maximum absolute atomic E-state index is 10.6. The van der Waals surface area contributed by atoms with Gasteiger partial charge in [0.05, 0.1) is 5.02 Å². The van der Waals surface area contributed by atoms with E-state index >= 15 is 0 Å². The predicted molar refractivity (Wildman–Crippen MR) is 120 cm³/mol. The molecule has 0 atom stereocenters. The Labute approximate surface area is 183 Å². The highest BCUT2D eigenvalue weighted by Gasteiger charge is 2.08. The number of benzene rings is 3. The molecule has 0 aromatic heterocycles. The summed E-state index contributed by atoms with van der Waals surface area (Å²) in [6.45, 7) is -0.397. The first-order valence-corrected chi connectivity index (χ1v) is 10.6. The van der Waals surface area contributed by atoms with Crippen molar-refractivity contribution in [1.29, 1.82) is 0 Å². The van der Waals surface area contributed by atoms with E-state index < -0.39 is 12.6 Å². The fourth-order valence-corrected chi connectivity index (χ4v) is 4.04. The summed E-state index contributed by atoms with van der Waals surface area (Å²) in [5, 5.41) is 9.91. The van der Waals surface area contributed by atoms with Crippen LogP contribution in [0.25, 0.3) is 5.57 Å². The molecule has 6 heteroatoms. The van der Waals surface area contributed by atoms with Gasteiger partial charge in [0.2, 0.25) is 0 Å². The fraction of sp³-hybridized carbons (Fsp3) is 0.0870. The monoisotopic (exact) mass is 444 g/mol. The second kappa shape index (κ2) is 10.4. The molecule has 0 spiro atoms. The molecule has 0 fully saturated rings. The van der Waals surface area contributed by atoms with Crippen molar-refractivity contribution in [3.8, 4) is 5.75 Å². The van der Waals surface area contributed by atoms with Crippen LogP contribution in [0, 0.1) is 0 Å². The van der Waals surface area contributed by atoms with E-state index in [0.717, 1.165) is 21.6 Å². The standard InChI is InChI=1S/C23H18Cl2O3S/c24-18-8-4-7-17(13-18)20(16-5-2-1-3-6-16)11-12-29-22-10-9-19(14-21(22)25)28-15-23(26)27/h1-11,13-14H,12,15H2,(H,26,27). The number of hydrogen-bond acceptors (Lipinski definition) is 3. The van der Waals surface area contributed by atoms with E-state index in [1.807, 2.05) is 48.5 Å². The lowest BCUT2D eigenvalue weighted by molar-refractivity contribution is -0.139. The van der Waals surface area contributed by atoms with E-state index in [0.29, 0.717) is 21.5 Å². The van der Waals surface area contributed by atoms with Gasteiger partial charge < -0.3 is 9.84 Å². The molecule has 0 aliphatic carbocycles. The zero-order valence-electron chi connectivity index (χ0n) is 15.3. The molecule has 0 amide bonds. The highest BCUT2D eigenvalue weighted by molar-refractivity contribution is 7.99. The number of halogens is 2. The van der Waals surface area contributed by atoms with Crippen molar-refractivity contribution in [2.24, 2.45) is 0 Å². The molecule has 0 radical (unpaired) electrons. The summed E-state index contributed by atoms with van der Waals surface area (Å²) in [5.74, 6) is 0.103. The van der Waals surface area contributed by atoms with Gasteiger partial charge >= 0.3 is 5.97 Å². The first kappa shape index (κ1) is 21.3. The molecule has 1 N–H and O–H groups in total. The highest BCUT2D eigenvalue weighted by atomic mass is 35.5. The molecule has 29 heavy (non-hydrogen) atoms. The van der Waals surface area contributed by atoms with Crippen molar-refractivity contribution in [1.82, 2.24) is 0 Å². The van der Waals surface area contributed by atoms with Crippen LogP contribution in [0.5, 0.6) is 5.75 Å². The van der Waals surface area contributed by atoms with Gasteiger partial charge in [-0.15, -0.1) is 11.8 Å². The Bertz CT molecular complexity index is 1020. The SMILES string of the molecule is O=C(O)COc1ccc(SCC=C(c2ccccc2)c2cccc(Cl)c2)c(Cl)c1. The molecule has 148 valence electrons. The molecule has 0 heterocycles. The minimum absolute atomic E-state index is 0.397. The van der Waals surface area contributed by atoms with Crippen LogP contribution >= 0.6 is 35.0 Å². The molecule has 3 nitrogen and oxygen atoms in total. The zero-order valence-corrected chi connectivity index (χ0v) is 17.7. The second-order valence-electron chi connectivity index (χ2n) is 6.08. The molecular weight excluding hydrogens is 427 g/mol. The summed E-state index contributed by atoms with van der Waals surface area (Å²) in [4.78, 5) is 11.5. The molecular formula is C23H18Cl2O3S. The predicted octanol–water partition coefficient (Wildman–Crippen LogP) is 6.68. The van der Waals surface area contributed by atoms with Crippen LogP contribution in [0.2, 0.25) is 10.0 Å². The van der Waals surface area contributed by atoms with Crippen LogP contribution in [0.3, 0.4) is 0 Å². The Morgan fingerprint density at radius 2 is 1.72 bits per heavy atom. The van der Waals surface area contributed by atoms with E-state index in [4.69, 9.17) is 33.0 Å². The lowest BCUT2D eigenvalue weighted by atomic mass is 9.98. The molecule has 3 aromatic carbocycles. The Balaban J connectivity index is 1.77. The van der Waals surface area contributed by atoms with Crippen LogP contribution in [0.1, 0.15) is 11.1 Å². The topological polar surface area (TPSA) is 46.5 Å². The molecule has 0 bridgehead atoms. The smallest absolute Gasteiger partial charge is 0.341 e. The van der Waals surface area contributed by atoms with Crippen molar-refractivity contribution in [3.63, 3.8) is 0 Å². The molecule has 3 rings (SSSR count). The summed E-state index contributed by atoms with van der Waals surface area (Å²) >= 11 is 14.1. The normalized spacial score (nSPS) is 11.3. The summed E-state index contributed by atoms with van der Waals surface area (Å²) in [6.07, 6.45) is 2.15. The highest BCUT2D eigenvalue weighted by Crippen LogP contribution is 2.32. The summed E-state index contributed by atoms with van der Waals surface area (Å²) in [6, 6.07) is 23.1. The second-order valence-corrected chi connectivity index (χ2v) is 7.99. The molecule has 0 saturated heterocycles. The quantitative estimate of drug-likeness (QED) is 0.393. The van der Waals surface area contributed by atoms with Crippen molar-refractivity contribution in [3.05, 3.63) is 100 Å². The molecule has 0 saturated carbocycles. The maximum Gasteiger partial charge on any atom is 0.341 e. The summed E-state index contributed by atoms with van der Waals surface area (Å²) in [7, 11) is 0. The van der Waals surface area contributed by atoms with Gasteiger partial charge in [0.25, 0.3) is 0 Å². The average molecular weight is 445 g/mol. The summed E-state index contributed by atoms with van der Waals surface area (Å²) < 4.78 is 5.16. The van der Waals surface area contributed by atoms with Crippen LogP contribution in [0.15, 0.2) is 83.8 Å². The number of carboxylic acids is 1. The Kier molecular flexibility index (Phi) is 7.64. The lowest BCUT2D eigenvalue weighted by Crippen LogP contribution is -2.09. The van der Waals surface area contributed by atoms with Crippen LogP contribution in [0.4, 0.5) is 0 Å². The largest absolute Gasteiger partial charge is 0.482 e. The number of ether oxygens (including phenoxy) is 1. The van der Waals surface area contributed by atoms with E-state index in [-0.39, 0.29) is 0 Å². The fourth-order valence-electron chi connectivity index (χ4n) is 2.72. The van der Waals surface area contributed by atoms with Crippen molar-refractivity contribution in [2.75, 3.05) is 12.4 Å². The third kappa shape index (κ3) is 6.29. The van der Waals surface area contributed by atoms with Crippen LogP contribution < -0.4 is 4.74 Å². The number of carboxylic acid groups (broad SMARTS) is 1. The minimum atomic E-state index is -1.03.